The van der Waals surface area contributed by atoms with Crippen LogP contribution in [0.4, 0.5) is 0 Å². The Hall–Kier alpha value is -1.16. The predicted molar refractivity (Wildman–Crippen MR) is 68.2 cm³/mol. The Morgan fingerprint density at radius 3 is 3.06 bits per heavy atom. The third-order valence-electron chi connectivity index (χ3n) is 2.61. The molecule has 0 saturated carbocycles. The summed E-state index contributed by atoms with van der Waals surface area (Å²) in [4.78, 5) is 12.6. The smallest absolute Gasteiger partial charge is 0.163 e. The second-order valence-electron chi connectivity index (χ2n) is 3.96. The van der Waals surface area contributed by atoms with Gasteiger partial charge in [0.05, 0.1) is 17.1 Å². The fraction of sp³-hybridized carbons (Fsp3) is 0.462. The molecule has 0 fully saturated rings. The fourth-order valence-electron chi connectivity index (χ4n) is 1.64. The quantitative estimate of drug-likeness (QED) is 0.593. The molecule has 1 heterocycles. The lowest BCUT2D eigenvalue weighted by Crippen LogP contribution is -2.03. The van der Waals surface area contributed by atoms with Crippen LogP contribution in [-0.4, -0.2) is 18.3 Å². The highest BCUT2D eigenvalue weighted by Gasteiger charge is 2.19. The van der Waals surface area contributed by atoms with E-state index < -0.39 is 0 Å². The van der Waals surface area contributed by atoms with Gasteiger partial charge in [0.25, 0.3) is 0 Å². The van der Waals surface area contributed by atoms with Crippen molar-refractivity contribution in [1.82, 2.24) is 0 Å². The Bertz CT molecular complexity index is 429. The molecule has 92 valence electrons. The molecular weight excluding hydrogens is 236 g/mol. The number of ketones is 1. The molecule has 3 nitrogen and oxygen atoms in total. The minimum atomic E-state index is 0.0137. The SMILES string of the molecule is CCCCOc1cc2c(cc1C(C)=O)OCS2. The van der Waals surface area contributed by atoms with E-state index in [1.165, 1.54) is 0 Å². The molecule has 0 saturated heterocycles. The largest absolute Gasteiger partial charge is 0.493 e. The number of unbranched alkanes of at least 4 members (excludes halogenated alkanes) is 1. The van der Waals surface area contributed by atoms with Crippen LogP contribution in [0, 0.1) is 0 Å². The minimum absolute atomic E-state index is 0.0137. The normalized spacial score (nSPS) is 13.1. The molecule has 0 aromatic heterocycles. The molecule has 17 heavy (non-hydrogen) atoms. The number of ether oxygens (including phenoxy) is 2. The van der Waals surface area contributed by atoms with E-state index in [4.69, 9.17) is 9.47 Å². The highest BCUT2D eigenvalue weighted by molar-refractivity contribution is 7.99. The van der Waals surface area contributed by atoms with E-state index >= 15 is 0 Å². The predicted octanol–water partition coefficient (Wildman–Crippen LogP) is 3.51. The van der Waals surface area contributed by atoms with Gasteiger partial charge in [-0.25, -0.2) is 0 Å². The standard InChI is InChI=1S/C13H16O3S/c1-3-4-5-15-11-7-13-12(16-8-17-13)6-10(11)9(2)14/h6-7H,3-5,8H2,1-2H3. The molecule has 0 atom stereocenters. The Kier molecular flexibility index (Phi) is 3.94. The van der Waals surface area contributed by atoms with Gasteiger partial charge in [-0.15, -0.1) is 0 Å². The Balaban J connectivity index is 2.25. The van der Waals surface area contributed by atoms with Crippen molar-refractivity contribution < 1.29 is 14.3 Å². The van der Waals surface area contributed by atoms with Crippen LogP contribution in [0.2, 0.25) is 0 Å². The Morgan fingerprint density at radius 2 is 2.35 bits per heavy atom. The van der Waals surface area contributed by atoms with Crippen molar-refractivity contribution in [1.29, 1.82) is 0 Å². The highest BCUT2D eigenvalue weighted by Crippen LogP contribution is 2.40. The topological polar surface area (TPSA) is 35.5 Å². The average molecular weight is 252 g/mol. The summed E-state index contributed by atoms with van der Waals surface area (Å²) in [5.74, 6) is 2.11. The van der Waals surface area contributed by atoms with Gasteiger partial charge in [0, 0.05) is 0 Å². The Labute approximate surface area is 105 Å². The summed E-state index contributed by atoms with van der Waals surface area (Å²) in [7, 11) is 0. The van der Waals surface area contributed by atoms with Crippen LogP contribution in [-0.2, 0) is 0 Å². The first-order valence-electron chi connectivity index (χ1n) is 5.79. The lowest BCUT2D eigenvalue weighted by molar-refractivity contribution is 0.101. The maximum atomic E-state index is 11.6. The van der Waals surface area contributed by atoms with Crippen LogP contribution in [0.1, 0.15) is 37.0 Å². The highest BCUT2D eigenvalue weighted by atomic mass is 32.2. The van der Waals surface area contributed by atoms with Crippen LogP contribution in [0.3, 0.4) is 0 Å². The number of Topliss-reactive ketones (excluding diaryl/α,β-unsaturated/α-hetero) is 1. The van der Waals surface area contributed by atoms with Gasteiger partial charge >= 0.3 is 0 Å². The van der Waals surface area contributed by atoms with Crippen molar-refractivity contribution in [3.8, 4) is 11.5 Å². The van der Waals surface area contributed by atoms with Gasteiger partial charge < -0.3 is 9.47 Å². The summed E-state index contributed by atoms with van der Waals surface area (Å²) in [6.07, 6.45) is 2.08. The second kappa shape index (κ2) is 5.45. The molecule has 0 unspecified atom stereocenters. The number of thioether (sulfide) groups is 1. The third kappa shape index (κ3) is 2.75. The summed E-state index contributed by atoms with van der Waals surface area (Å²) in [6, 6.07) is 3.71. The minimum Gasteiger partial charge on any atom is -0.493 e. The molecule has 0 bridgehead atoms. The lowest BCUT2D eigenvalue weighted by atomic mass is 10.1. The molecule has 1 aliphatic rings. The molecule has 0 N–H and O–H groups in total. The maximum Gasteiger partial charge on any atom is 0.163 e. The van der Waals surface area contributed by atoms with E-state index in [9.17, 15) is 4.79 Å². The molecule has 0 radical (unpaired) electrons. The van der Waals surface area contributed by atoms with Crippen molar-refractivity contribution in [2.45, 2.75) is 31.6 Å². The van der Waals surface area contributed by atoms with Gasteiger partial charge in [0.2, 0.25) is 0 Å². The first-order valence-corrected chi connectivity index (χ1v) is 6.78. The summed E-state index contributed by atoms with van der Waals surface area (Å²) in [5.41, 5.74) is 0.613. The van der Waals surface area contributed by atoms with Gasteiger partial charge in [-0.1, -0.05) is 25.1 Å². The van der Waals surface area contributed by atoms with Crippen molar-refractivity contribution in [3.05, 3.63) is 17.7 Å². The van der Waals surface area contributed by atoms with E-state index in [0.29, 0.717) is 23.9 Å². The first-order chi connectivity index (χ1) is 8.22. The van der Waals surface area contributed by atoms with Crippen LogP contribution >= 0.6 is 11.8 Å². The monoisotopic (exact) mass is 252 g/mol. The van der Waals surface area contributed by atoms with Crippen molar-refractivity contribution in [3.63, 3.8) is 0 Å². The molecule has 1 aliphatic heterocycles. The van der Waals surface area contributed by atoms with E-state index in [-0.39, 0.29) is 5.78 Å². The van der Waals surface area contributed by atoms with Gasteiger partial charge in [-0.2, -0.15) is 0 Å². The summed E-state index contributed by atoms with van der Waals surface area (Å²) < 4.78 is 11.1. The van der Waals surface area contributed by atoms with E-state index in [2.05, 4.69) is 6.92 Å². The van der Waals surface area contributed by atoms with Crippen molar-refractivity contribution in [2.24, 2.45) is 0 Å². The second-order valence-corrected chi connectivity index (χ2v) is 4.92. The molecule has 1 aromatic carbocycles. The Morgan fingerprint density at radius 1 is 1.53 bits per heavy atom. The number of fused-ring (bicyclic) bond motifs is 1. The lowest BCUT2D eigenvalue weighted by Gasteiger charge is -2.10. The number of carbonyl (C=O) groups excluding carboxylic acids is 1. The molecule has 0 amide bonds. The summed E-state index contributed by atoms with van der Waals surface area (Å²) in [5, 5.41) is 0. The van der Waals surface area contributed by atoms with E-state index in [1.54, 1.807) is 24.8 Å². The fourth-order valence-corrected chi connectivity index (χ4v) is 2.41. The maximum absolute atomic E-state index is 11.6. The number of carbonyl (C=O) groups is 1. The zero-order valence-corrected chi connectivity index (χ0v) is 10.9. The first kappa shape index (κ1) is 12.3. The number of benzene rings is 1. The molecule has 1 aromatic rings. The van der Waals surface area contributed by atoms with Gasteiger partial charge in [-0.3, -0.25) is 4.79 Å². The molecular formula is C13H16O3S. The number of rotatable bonds is 5. The van der Waals surface area contributed by atoms with Crippen molar-refractivity contribution >= 4 is 17.5 Å². The summed E-state index contributed by atoms with van der Waals surface area (Å²) in [6.45, 7) is 4.32. The van der Waals surface area contributed by atoms with Gasteiger partial charge in [0.15, 0.2) is 5.78 Å². The zero-order chi connectivity index (χ0) is 12.3. The number of hydrogen-bond acceptors (Lipinski definition) is 4. The van der Waals surface area contributed by atoms with Crippen molar-refractivity contribution in [2.75, 3.05) is 12.5 Å². The molecule has 2 rings (SSSR count). The van der Waals surface area contributed by atoms with E-state index in [1.807, 2.05) is 6.07 Å². The average Bonchev–Trinajstić information content (AvgIpc) is 2.75. The number of hydrogen-bond donors (Lipinski definition) is 0. The zero-order valence-electron chi connectivity index (χ0n) is 10.1. The van der Waals surface area contributed by atoms with Gasteiger partial charge in [-0.05, 0) is 25.5 Å². The molecule has 4 heteroatoms. The van der Waals surface area contributed by atoms with Crippen LogP contribution in [0.25, 0.3) is 0 Å². The summed E-state index contributed by atoms with van der Waals surface area (Å²) >= 11 is 1.63. The van der Waals surface area contributed by atoms with Gasteiger partial charge in [0.1, 0.15) is 17.4 Å². The molecule has 0 aliphatic carbocycles. The molecule has 0 spiro atoms. The third-order valence-corrected chi connectivity index (χ3v) is 3.48. The van der Waals surface area contributed by atoms with Crippen LogP contribution in [0.5, 0.6) is 11.5 Å². The van der Waals surface area contributed by atoms with E-state index in [0.717, 1.165) is 23.5 Å². The van der Waals surface area contributed by atoms with Crippen LogP contribution in [0.15, 0.2) is 17.0 Å². The van der Waals surface area contributed by atoms with Crippen LogP contribution < -0.4 is 9.47 Å².